The van der Waals surface area contributed by atoms with Crippen molar-refractivity contribution in [1.82, 2.24) is 16.0 Å². The molecule has 0 spiro atoms. The summed E-state index contributed by atoms with van der Waals surface area (Å²) in [6.07, 6.45) is 2.31. The number of carbonyl (C=O) groups is 2. The number of amidine groups is 1. The van der Waals surface area contributed by atoms with E-state index in [0.717, 1.165) is 12.0 Å². The number of rotatable bonds is 12. The Hall–Kier alpha value is -3.45. The fraction of sp³-hybridized carbons (Fsp3) is 0.292. The summed E-state index contributed by atoms with van der Waals surface area (Å²) in [5, 5.41) is 16.0. The van der Waals surface area contributed by atoms with Gasteiger partial charge in [0.2, 0.25) is 11.8 Å². The van der Waals surface area contributed by atoms with Crippen molar-refractivity contribution in [2.75, 3.05) is 13.1 Å². The van der Waals surface area contributed by atoms with Gasteiger partial charge in [-0.25, -0.2) is 0 Å². The molecule has 0 saturated carbocycles. The van der Waals surface area contributed by atoms with Gasteiger partial charge in [-0.05, 0) is 30.0 Å². The molecular weight excluding hydrogens is 390 g/mol. The molecule has 0 aliphatic heterocycles. The molecule has 31 heavy (non-hydrogen) atoms. The first kappa shape index (κ1) is 23.8. The second kappa shape index (κ2) is 12.3. The molecule has 0 heterocycles. The Bertz CT molecular complexity index is 881. The maximum Gasteiger partial charge on any atom is 0.246 e. The number of carbonyl (C=O) groups excluding carboxylic acids is 2. The molecule has 0 radical (unpaired) electrons. The summed E-state index contributed by atoms with van der Waals surface area (Å²) in [5.41, 5.74) is 8.19. The van der Waals surface area contributed by atoms with Gasteiger partial charge in [-0.15, -0.1) is 6.58 Å². The van der Waals surface area contributed by atoms with Crippen LogP contribution in [0.4, 0.5) is 0 Å². The average Bonchev–Trinajstić information content (AvgIpc) is 2.79. The minimum atomic E-state index is -0.811. The monoisotopic (exact) mass is 421 g/mol. The van der Waals surface area contributed by atoms with Crippen LogP contribution in [0.1, 0.15) is 36.0 Å². The van der Waals surface area contributed by atoms with Crippen molar-refractivity contribution in [2.24, 2.45) is 5.73 Å². The number of nitrogens with one attached hydrogen (secondary N) is 4. The van der Waals surface area contributed by atoms with Crippen LogP contribution in [0.15, 0.2) is 67.3 Å². The van der Waals surface area contributed by atoms with Crippen LogP contribution in [-0.4, -0.2) is 36.8 Å². The topological polar surface area (TPSA) is 120 Å². The Morgan fingerprint density at radius 2 is 1.81 bits per heavy atom. The number of nitrogen functional groups attached to an aromatic ring is 1. The summed E-state index contributed by atoms with van der Waals surface area (Å²) >= 11 is 0. The van der Waals surface area contributed by atoms with Gasteiger partial charge >= 0.3 is 0 Å². The first-order chi connectivity index (χ1) is 14.9. The zero-order valence-corrected chi connectivity index (χ0v) is 17.9. The number of hydrogen-bond acceptors (Lipinski definition) is 4. The van der Waals surface area contributed by atoms with Crippen molar-refractivity contribution < 1.29 is 9.59 Å². The summed E-state index contributed by atoms with van der Waals surface area (Å²) in [5.74, 6) is -0.212. The summed E-state index contributed by atoms with van der Waals surface area (Å²) in [6.45, 7) is 6.92. The Kier molecular flexibility index (Phi) is 9.45. The predicted octanol–water partition coefficient (Wildman–Crippen LogP) is 2.04. The molecule has 2 aromatic rings. The van der Waals surface area contributed by atoms with Crippen molar-refractivity contribution in [1.29, 1.82) is 5.41 Å². The predicted molar refractivity (Wildman–Crippen MR) is 124 cm³/mol. The molecular formula is C24H31N5O2. The van der Waals surface area contributed by atoms with Gasteiger partial charge < -0.3 is 21.7 Å². The van der Waals surface area contributed by atoms with Crippen molar-refractivity contribution >= 4 is 17.6 Å². The van der Waals surface area contributed by atoms with Gasteiger partial charge in [0, 0.05) is 12.1 Å². The number of hydrogen-bond donors (Lipinski definition) is 5. The summed E-state index contributed by atoms with van der Waals surface area (Å²) in [4.78, 5) is 24.5. The van der Waals surface area contributed by atoms with Crippen LogP contribution in [-0.2, 0) is 16.1 Å². The van der Waals surface area contributed by atoms with Crippen LogP contribution in [0.5, 0.6) is 0 Å². The molecule has 2 atom stereocenters. The highest BCUT2D eigenvalue weighted by molar-refractivity contribution is 5.95. The van der Waals surface area contributed by atoms with Gasteiger partial charge in [0.15, 0.2) is 0 Å². The minimum absolute atomic E-state index is 0.00634. The van der Waals surface area contributed by atoms with Crippen molar-refractivity contribution in [3.63, 3.8) is 0 Å². The lowest BCUT2D eigenvalue weighted by molar-refractivity contribution is -0.127. The van der Waals surface area contributed by atoms with Gasteiger partial charge in [0.05, 0.1) is 6.54 Å². The van der Waals surface area contributed by atoms with Gasteiger partial charge in [0.25, 0.3) is 0 Å². The maximum atomic E-state index is 12.4. The highest BCUT2D eigenvalue weighted by Gasteiger charge is 2.17. The van der Waals surface area contributed by atoms with Crippen LogP contribution in [0.3, 0.4) is 0 Å². The smallest absolute Gasteiger partial charge is 0.246 e. The lowest BCUT2D eigenvalue weighted by Crippen LogP contribution is -2.47. The fourth-order valence-corrected chi connectivity index (χ4v) is 3.03. The molecule has 7 nitrogen and oxygen atoms in total. The Morgan fingerprint density at radius 3 is 2.42 bits per heavy atom. The summed E-state index contributed by atoms with van der Waals surface area (Å²) in [6, 6.07) is 16.5. The Morgan fingerprint density at radius 1 is 1.13 bits per heavy atom. The van der Waals surface area contributed by atoms with Crippen molar-refractivity contribution in [3.8, 4) is 0 Å². The Labute approximate surface area is 183 Å². The molecule has 0 saturated heterocycles. The van der Waals surface area contributed by atoms with Crippen LogP contribution in [0.2, 0.25) is 0 Å². The van der Waals surface area contributed by atoms with E-state index in [1.807, 2.05) is 18.2 Å². The van der Waals surface area contributed by atoms with Gasteiger partial charge in [-0.3, -0.25) is 15.0 Å². The third-order valence-corrected chi connectivity index (χ3v) is 4.97. The number of benzene rings is 2. The van der Waals surface area contributed by atoms with Crippen molar-refractivity contribution in [2.45, 2.75) is 31.8 Å². The zero-order valence-electron chi connectivity index (χ0n) is 17.9. The Balaban J connectivity index is 1.70. The van der Waals surface area contributed by atoms with Crippen LogP contribution in [0.25, 0.3) is 0 Å². The van der Waals surface area contributed by atoms with Crippen molar-refractivity contribution in [3.05, 3.63) is 83.9 Å². The van der Waals surface area contributed by atoms with E-state index in [-0.39, 0.29) is 24.2 Å². The van der Waals surface area contributed by atoms with E-state index in [4.69, 9.17) is 11.1 Å². The highest BCUT2D eigenvalue weighted by Crippen LogP contribution is 2.17. The zero-order chi connectivity index (χ0) is 22.6. The van der Waals surface area contributed by atoms with Crippen LogP contribution >= 0.6 is 0 Å². The number of nitrogens with two attached hydrogens (primary N) is 1. The number of amides is 2. The quantitative estimate of drug-likeness (QED) is 0.156. The van der Waals surface area contributed by atoms with Crippen LogP contribution in [0, 0.1) is 5.41 Å². The summed E-state index contributed by atoms with van der Waals surface area (Å²) < 4.78 is 0. The van der Waals surface area contributed by atoms with Gasteiger partial charge in [-0.1, -0.05) is 67.6 Å². The lowest BCUT2D eigenvalue weighted by atomic mass is 9.98. The van der Waals surface area contributed by atoms with E-state index in [0.29, 0.717) is 24.6 Å². The second-order valence-corrected chi connectivity index (χ2v) is 7.39. The molecule has 2 amide bonds. The van der Waals surface area contributed by atoms with Crippen LogP contribution < -0.4 is 21.7 Å². The molecule has 0 aromatic heterocycles. The molecule has 0 unspecified atom stereocenters. The SMILES string of the molecule is C=C[C@H](NC(=O)CNCC[C@@H](C)c1ccccc1)C(=O)NCc1ccc(C(=N)N)cc1. The molecule has 6 N–H and O–H groups in total. The van der Waals surface area contributed by atoms with E-state index in [1.54, 1.807) is 24.3 Å². The first-order valence-corrected chi connectivity index (χ1v) is 10.3. The third kappa shape index (κ3) is 8.06. The van der Waals surface area contributed by atoms with E-state index < -0.39 is 6.04 Å². The molecule has 0 bridgehead atoms. The fourth-order valence-electron chi connectivity index (χ4n) is 3.03. The minimum Gasteiger partial charge on any atom is -0.384 e. The largest absolute Gasteiger partial charge is 0.384 e. The van der Waals surface area contributed by atoms with E-state index in [1.165, 1.54) is 11.6 Å². The maximum absolute atomic E-state index is 12.4. The third-order valence-electron chi connectivity index (χ3n) is 4.97. The van der Waals surface area contributed by atoms with E-state index in [2.05, 4.69) is 41.6 Å². The lowest BCUT2D eigenvalue weighted by Gasteiger charge is -2.16. The highest BCUT2D eigenvalue weighted by atomic mass is 16.2. The normalized spacial score (nSPS) is 12.4. The van der Waals surface area contributed by atoms with Gasteiger partial charge in [0.1, 0.15) is 11.9 Å². The molecule has 2 aromatic carbocycles. The molecule has 0 fully saturated rings. The van der Waals surface area contributed by atoms with Gasteiger partial charge in [-0.2, -0.15) is 0 Å². The summed E-state index contributed by atoms with van der Waals surface area (Å²) in [7, 11) is 0. The van der Waals surface area contributed by atoms with E-state index in [9.17, 15) is 9.59 Å². The molecule has 2 rings (SSSR count). The molecule has 7 heteroatoms. The standard InChI is InChI=1S/C24H31N5O2/c1-3-21(24(31)28-15-18-9-11-20(12-10-18)23(25)26)29-22(30)16-27-14-13-17(2)19-7-5-4-6-8-19/h3-12,17,21,27H,1,13-16H2,2H3,(H3,25,26)(H,28,31)(H,29,30)/t17-,21+/m1/s1. The molecule has 0 aliphatic carbocycles. The van der Waals surface area contributed by atoms with E-state index >= 15 is 0 Å². The second-order valence-electron chi connectivity index (χ2n) is 7.39. The molecule has 0 aliphatic rings. The molecule has 164 valence electrons. The first-order valence-electron chi connectivity index (χ1n) is 10.3. The average molecular weight is 422 g/mol.